The van der Waals surface area contributed by atoms with Gasteiger partial charge in [-0.2, -0.15) is 0 Å². The van der Waals surface area contributed by atoms with Gasteiger partial charge in [-0.1, -0.05) is 23.7 Å². The first kappa shape index (κ1) is 14.1. The number of nitrogen functional groups attached to an aromatic ring is 1. The first-order valence-electron chi connectivity index (χ1n) is 6.53. The molecule has 6 nitrogen and oxygen atoms in total. The molecule has 0 saturated heterocycles. The molecule has 0 aliphatic carbocycles. The first-order valence-corrected chi connectivity index (χ1v) is 6.91. The van der Waals surface area contributed by atoms with E-state index < -0.39 is 0 Å². The van der Waals surface area contributed by atoms with Gasteiger partial charge in [0.15, 0.2) is 11.6 Å². The number of aromatic nitrogens is 3. The molecule has 110 valence electrons. The van der Waals surface area contributed by atoms with Crippen molar-refractivity contribution >= 4 is 40.4 Å². The molecule has 0 amide bonds. The molecular weight excluding hydrogens is 300 g/mol. The lowest BCUT2D eigenvalue weighted by Gasteiger charge is -2.12. The summed E-state index contributed by atoms with van der Waals surface area (Å²) in [5.74, 6) is 1.63. The Labute approximate surface area is 132 Å². The van der Waals surface area contributed by atoms with E-state index in [1.807, 2.05) is 30.3 Å². The van der Waals surface area contributed by atoms with Gasteiger partial charge in [0, 0.05) is 16.9 Å². The number of rotatable bonds is 4. The van der Waals surface area contributed by atoms with Gasteiger partial charge in [-0.15, -0.1) is 0 Å². The second kappa shape index (κ2) is 6.28. The number of benzene rings is 1. The van der Waals surface area contributed by atoms with Gasteiger partial charge in [0.2, 0.25) is 0 Å². The molecule has 0 saturated carbocycles. The van der Waals surface area contributed by atoms with Crippen molar-refractivity contribution in [2.24, 2.45) is 0 Å². The Balaban J connectivity index is 1.86. The second-order valence-corrected chi connectivity index (χ2v) is 4.90. The minimum Gasteiger partial charge on any atom is -0.393 e. The van der Waals surface area contributed by atoms with Crippen LogP contribution in [0.4, 0.5) is 28.8 Å². The van der Waals surface area contributed by atoms with E-state index in [4.69, 9.17) is 17.3 Å². The monoisotopic (exact) mass is 312 g/mol. The zero-order valence-corrected chi connectivity index (χ0v) is 12.2. The van der Waals surface area contributed by atoms with E-state index in [9.17, 15) is 0 Å². The average molecular weight is 313 g/mol. The van der Waals surface area contributed by atoms with Gasteiger partial charge >= 0.3 is 0 Å². The van der Waals surface area contributed by atoms with Crippen molar-refractivity contribution in [1.82, 2.24) is 15.0 Å². The molecule has 3 aromatic rings. The Kier molecular flexibility index (Phi) is 4.02. The summed E-state index contributed by atoms with van der Waals surface area (Å²) in [6, 6.07) is 12.8. The molecule has 7 heteroatoms. The van der Waals surface area contributed by atoms with E-state index in [2.05, 4.69) is 25.6 Å². The van der Waals surface area contributed by atoms with Crippen LogP contribution >= 0.6 is 11.6 Å². The zero-order valence-electron chi connectivity index (χ0n) is 11.5. The number of anilines is 5. The third-order valence-corrected chi connectivity index (χ3v) is 3.12. The van der Waals surface area contributed by atoms with E-state index in [0.717, 1.165) is 5.69 Å². The average Bonchev–Trinajstić information content (AvgIpc) is 2.52. The van der Waals surface area contributed by atoms with Crippen molar-refractivity contribution in [3.05, 3.63) is 60.0 Å². The lowest BCUT2D eigenvalue weighted by Crippen LogP contribution is -2.05. The summed E-state index contributed by atoms with van der Waals surface area (Å²) in [5.41, 5.74) is 7.30. The second-order valence-electron chi connectivity index (χ2n) is 4.46. The van der Waals surface area contributed by atoms with E-state index in [1.165, 1.54) is 6.33 Å². The van der Waals surface area contributed by atoms with Crippen LogP contribution in [-0.2, 0) is 0 Å². The Morgan fingerprint density at radius 2 is 1.73 bits per heavy atom. The van der Waals surface area contributed by atoms with E-state index in [0.29, 0.717) is 28.2 Å². The molecule has 0 spiro atoms. The summed E-state index contributed by atoms with van der Waals surface area (Å²) < 4.78 is 0. The van der Waals surface area contributed by atoms with E-state index in [-0.39, 0.29) is 0 Å². The van der Waals surface area contributed by atoms with Gasteiger partial charge in [0.05, 0.1) is 0 Å². The van der Waals surface area contributed by atoms with Crippen LogP contribution in [0.3, 0.4) is 0 Å². The minimum atomic E-state index is 0.396. The van der Waals surface area contributed by atoms with E-state index in [1.54, 1.807) is 18.3 Å². The van der Waals surface area contributed by atoms with Crippen LogP contribution < -0.4 is 16.4 Å². The maximum atomic E-state index is 6.11. The predicted octanol–water partition coefficient (Wildman–Crippen LogP) is 3.59. The lowest BCUT2D eigenvalue weighted by molar-refractivity contribution is 1.16. The molecule has 3 rings (SSSR count). The molecule has 0 aliphatic heterocycles. The molecule has 22 heavy (non-hydrogen) atoms. The van der Waals surface area contributed by atoms with Crippen LogP contribution in [0.25, 0.3) is 0 Å². The Hall–Kier alpha value is -2.86. The Morgan fingerprint density at radius 1 is 0.909 bits per heavy atom. The summed E-state index contributed by atoms with van der Waals surface area (Å²) in [6.07, 6.45) is 3.11. The smallest absolute Gasteiger partial charge is 0.160 e. The fourth-order valence-corrected chi connectivity index (χ4v) is 2.05. The maximum absolute atomic E-state index is 6.11. The van der Waals surface area contributed by atoms with Crippen LogP contribution in [-0.4, -0.2) is 15.0 Å². The highest BCUT2D eigenvalue weighted by Crippen LogP contribution is 2.28. The lowest BCUT2D eigenvalue weighted by atomic mass is 10.3. The van der Waals surface area contributed by atoms with Gasteiger partial charge < -0.3 is 16.4 Å². The number of nitrogens with one attached hydrogen (secondary N) is 2. The standard InChI is InChI=1S/C15H13ClN6/c16-10-4-3-5-11(8-10)21-14-13(17)15(20-9-19-14)22-12-6-1-2-7-18-12/h1-9H,17H2,(H2,18,19,20,21,22). The molecule has 4 N–H and O–H groups in total. The number of pyridine rings is 1. The van der Waals surface area contributed by atoms with Gasteiger partial charge in [-0.25, -0.2) is 15.0 Å². The van der Waals surface area contributed by atoms with Crippen LogP contribution in [0.1, 0.15) is 0 Å². The molecule has 0 bridgehead atoms. The Bertz CT molecular complexity index is 778. The normalized spacial score (nSPS) is 10.2. The Morgan fingerprint density at radius 3 is 2.45 bits per heavy atom. The third kappa shape index (κ3) is 3.24. The van der Waals surface area contributed by atoms with Crippen LogP contribution in [0.5, 0.6) is 0 Å². The molecule has 0 atom stereocenters. The fourth-order valence-electron chi connectivity index (χ4n) is 1.86. The van der Waals surface area contributed by atoms with Crippen LogP contribution in [0.15, 0.2) is 55.0 Å². The summed E-state index contributed by atoms with van der Waals surface area (Å²) in [4.78, 5) is 12.5. The maximum Gasteiger partial charge on any atom is 0.160 e. The summed E-state index contributed by atoms with van der Waals surface area (Å²) >= 11 is 5.96. The van der Waals surface area contributed by atoms with Gasteiger partial charge in [0.25, 0.3) is 0 Å². The highest BCUT2D eigenvalue weighted by molar-refractivity contribution is 6.30. The van der Waals surface area contributed by atoms with Crippen molar-refractivity contribution in [1.29, 1.82) is 0 Å². The molecule has 0 unspecified atom stereocenters. The number of hydrogen-bond acceptors (Lipinski definition) is 6. The minimum absolute atomic E-state index is 0.396. The molecular formula is C15H13ClN6. The topological polar surface area (TPSA) is 88.8 Å². The van der Waals surface area contributed by atoms with Crippen molar-refractivity contribution < 1.29 is 0 Å². The van der Waals surface area contributed by atoms with Crippen LogP contribution in [0, 0.1) is 0 Å². The fraction of sp³-hybridized carbons (Fsp3) is 0. The number of nitrogens with zero attached hydrogens (tertiary/aromatic N) is 3. The molecule has 0 radical (unpaired) electrons. The quantitative estimate of drug-likeness (QED) is 0.682. The van der Waals surface area contributed by atoms with Crippen LogP contribution in [0.2, 0.25) is 5.02 Å². The zero-order chi connectivity index (χ0) is 15.4. The van der Waals surface area contributed by atoms with Gasteiger partial charge in [0.1, 0.15) is 17.8 Å². The molecule has 1 aromatic carbocycles. The highest BCUT2D eigenvalue weighted by atomic mass is 35.5. The molecule has 0 fully saturated rings. The van der Waals surface area contributed by atoms with Gasteiger partial charge in [-0.05, 0) is 30.3 Å². The SMILES string of the molecule is Nc1c(Nc2cccc(Cl)c2)ncnc1Nc1ccccn1. The summed E-state index contributed by atoms with van der Waals surface area (Å²) in [6.45, 7) is 0. The number of hydrogen-bond donors (Lipinski definition) is 3. The largest absolute Gasteiger partial charge is 0.393 e. The van der Waals surface area contributed by atoms with E-state index >= 15 is 0 Å². The first-order chi connectivity index (χ1) is 10.7. The summed E-state index contributed by atoms with van der Waals surface area (Å²) in [5, 5.41) is 6.80. The van der Waals surface area contributed by atoms with Crippen molar-refractivity contribution in [2.75, 3.05) is 16.4 Å². The third-order valence-electron chi connectivity index (χ3n) is 2.88. The van der Waals surface area contributed by atoms with Crippen molar-refractivity contribution in [3.63, 3.8) is 0 Å². The summed E-state index contributed by atoms with van der Waals surface area (Å²) in [7, 11) is 0. The number of nitrogens with two attached hydrogens (primary N) is 1. The molecule has 2 aromatic heterocycles. The predicted molar refractivity (Wildman–Crippen MR) is 88.7 cm³/mol. The number of halogens is 1. The molecule has 0 aliphatic rings. The highest BCUT2D eigenvalue weighted by Gasteiger charge is 2.09. The van der Waals surface area contributed by atoms with Gasteiger partial charge in [-0.3, -0.25) is 0 Å². The van der Waals surface area contributed by atoms with Crippen molar-refractivity contribution in [3.8, 4) is 0 Å². The molecule has 2 heterocycles. The van der Waals surface area contributed by atoms with Crippen molar-refractivity contribution in [2.45, 2.75) is 0 Å².